The number of anilines is 1. The second kappa shape index (κ2) is 6.36. The van der Waals surface area contributed by atoms with Gasteiger partial charge < -0.3 is 19.8 Å². The van der Waals surface area contributed by atoms with Crippen molar-refractivity contribution in [3.63, 3.8) is 0 Å². The summed E-state index contributed by atoms with van der Waals surface area (Å²) < 4.78 is 6.96. The van der Waals surface area contributed by atoms with Crippen LogP contribution >= 0.6 is 0 Å². The van der Waals surface area contributed by atoms with Crippen molar-refractivity contribution in [2.24, 2.45) is 0 Å². The Morgan fingerprint density at radius 1 is 1.36 bits per heavy atom. The van der Waals surface area contributed by atoms with Crippen LogP contribution in [0.3, 0.4) is 0 Å². The van der Waals surface area contributed by atoms with E-state index in [0.29, 0.717) is 0 Å². The number of hydrogen-bond donors (Lipinski definition) is 2. The van der Waals surface area contributed by atoms with Gasteiger partial charge in [-0.25, -0.2) is 4.79 Å². The summed E-state index contributed by atoms with van der Waals surface area (Å²) in [5.41, 5.74) is 0.550. The van der Waals surface area contributed by atoms with Gasteiger partial charge in [-0.1, -0.05) is 0 Å². The molecule has 22 heavy (non-hydrogen) atoms. The Balaban J connectivity index is 1.85. The molecule has 2 aliphatic heterocycles. The highest BCUT2D eigenvalue weighted by Crippen LogP contribution is 2.28. The Hall–Kier alpha value is -1.44. The summed E-state index contributed by atoms with van der Waals surface area (Å²) >= 11 is 0. The van der Waals surface area contributed by atoms with Crippen molar-refractivity contribution >= 4 is 5.82 Å². The second-order valence-corrected chi connectivity index (χ2v) is 6.10. The van der Waals surface area contributed by atoms with E-state index in [1.54, 1.807) is 6.20 Å². The summed E-state index contributed by atoms with van der Waals surface area (Å²) in [5, 5.41) is 19.0. The number of nitrogens with zero attached hydrogens (tertiary/aromatic N) is 3. The van der Waals surface area contributed by atoms with E-state index in [0.717, 1.165) is 37.3 Å². The van der Waals surface area contributed by atoms with E-state index in [4.69, 9.17) is 9.84 Å². The van der Waals surface area contributed by atoms with Crippen molar-refractivity contribution in [1.29, 1.82) is 0 Å². The molecule has 0 spiro atoms. The van der Waals surface area contributed by atoms with Crippen LogP contribution in [0.25, 0.3) is 0 Å². The molecule has 0 aromatic carbocycles. The summed E-state index contributed by atoms with van der Waals surface area (Å²) in [4.78, 5) is 18.7. The smallest absolute Gasteiger partial charge is 0.351 e. The highest BCUT2D eigenvalue weighted by atomic mass is 16.5. The van der Waals surface area contributed by atoms with Gasteiger partial charge in [0.05, 0.1) is 12.7 Å². The van der Waals surface area contributed by atoms with Crippen LogP contribution in [0, 0.1) is 6.92 Å². The standard InChI is InChI=1S/C15H23N3O4/c1-10-8-18(13-7-11(20)12(9-19)22-13)15(21)16-14(10)17-5-3-2-4-6-17/h8,11-13,19-20H,2-7,9H2,1H3/t11-,12+,13+/m0/s1. The van der Waals surface area contributed by atoms with Crippen molar-refractivity contribution in [2.75, 3.05) is 24.6 Å². The molecule has 0 amide bonds. The summed E-state index contributed by atoms with van der Waals surface area (Å²) in [6.45, 7) is 3.54. The zero-order chi connectivity index (χ0) is 15.7. The lowest BCUT2D eigenvalue weighted by atomic mass is 10.1. The van der Waals surface area contributed by atoms with Gasteiger partial charge in [-0.2, -0.15) is 4.98 Å². The van der Waals surface area contributed by atoms with Gasteiger partial charge in [0.25, 0.3) is 0 Å². The molecule has 0 radical (unpaired) electrons. The summed E-state index contributed by atoms with van der Waals surface area (Å²) in [5.74, 6) is 0.748. The molecule has 3 heterocycles. The van der Waals surface area contributed by atoms with Gasteiger partial charge in [-0.15, -0.1) is 0 Å². The van der Waals surface area contributed by atoms with Crippen molar-refractivity contribution < 1.29 is 14.9 Å². The normalized spacial score (nSPS) is 29.0. The molecule has 3 atom stereocenters. The third-order valence-corrected chi connectivity index (χ3v) is 4.46. The lowest BCUT2D eigenvalue weighted by molar-refractivity contribution is -0.0459. The molecule has 3 rings (SSSR count). The second-order valence-electron chi connectivity index (χ2n) is 6.10. The minimum absolute atomic E-state index is 0.259. The van der Waals surface area contributed by atoms with E-state index in [1.165, 1.54) is 11.0 Å². The van der Waals surface area contributed by atoms with Gasteiger partial charge in [-0.3, -0.25) is 4.57 Å². The fourth-order valence-electron chi connectivity index (χ4n) is 3.24. The third kappa shape index (κ3) is 2.88. The Morgan fingerprint density at radius 2 is 2.09 bits per heavy atom. The van der Waals surface area contributed by atoms with Crippen LogP contribution < -0.4 is 10.6 Å². The van der Waals surface area contributed by atoms with Crippen LogP contribution in [0.15, 0.2) is 11.0 Å². The highest BCUT2D eigenvalue weighted by molar-refractivity contribution is 5.45. The van der Waals surface area contributed by atoms with Gasteiger partial charge >= 0.3 is 5.69 Å². The molecule has 2 fully saturated rings. The molecule has 7 nitrogen and oxygen atoms in total. The molecule has 7 heteroatoms. The van der Waals surface area contributed by atoms with Crippen molar-refractivity contribution in [1.82, 2.24) is 9.55 Å². The molecule has 1 aromatic rings. The first-order chi connectivity index (χ1) is 10.6. The molecule has 122 valence electrons. The maximum atomic E-state index is 12.3. The van der Waals surface area contributed by atoms with Crippen molar-refractivity contribution in [3.8, 4) is 0 Å². The Morgan fingerprint density at radius 3 is 2.73 bits per heavy atom. The average Bonchev–Trinajstić information content (AvgIpc) is 2.91. The monoisotopic (exact) mass is 309 g/mol. The molecule has 1 aromatic heterocycles. The van der Waals surface area contributed by atoms with Crippen LogP contribution in [0.1, 0.15) is 37.5 Å². The van der Waals surface area contributed by atoms with E-state index in [2.05, 4.69) is 9.88 Å². The van der Waals surface area contributed by atoms with Crippen LogP contribution in [0.2, 0.25) is 0 Å². The van der Waals surface area contributed by atoms with Gasteiger partial charge in [0.2, 0.25) is 0 Å². The topological polar surface area (TPSA) is 87.8 Å². The Kier molecular flexibility index (Phi) is 4.46. The molecule has 0 bridgehead atoms. The Bertz CT molecular complexity index is 583. The lowest BCUT2D eigenvalue weighted by Crippen LogP contribution is -2.35. The summed E-state index contributed by atoms with van der Waals surface area (Å²) in [6, 6.07) is 0. The maximum absolute atomic E-state index is 12.3. The number of rotatable bonds is 3. The lowest BCUT2D eigenvalue weighted by Gasteiger charge is -2.29. The first-order valence-corrected chi connectivity index (χ1v) is 7.89. The third-order valence-electron chi connectivity index (χ3n) is 4.46. The van der Waals surface area contributed by atoms with Crippen LogP contribution in [-0.2, 0) is 4.74 Å². The summed E-state index contributed by atoms with van der Waals surface area (Å²) in [6.07, 6.45) is 3.54. The number of piperidine rings is 1. The fourth-order valence-corrected chi connectivity index (χ4v) is 3.24. The molecular formula is C15H23N3O4. The first-order valence-electron chi connectivity index (χ1n) is 7.89. The minimum Gasteiger partial charge on any atom is -0.394 e. The van der Waals surface area contributed by atoms with Crippen LogP contribution in [-0.4, -0.2) is 51.7 Å². The number of aryl methyl sites for hydroxylation is 1. The van der Waals surface area contributed by atoms with Crippen molar-refractivity contribution in [2.45, 2.75) is 51.0 Å². The molecule has 0 saturated carbocycles. The molecule has 0 unspecified atom stereocenters. The quantitative estimate of drug-likeness (QED) is 0.828. The number of aliphatic hydroxyl groups excluding tert-OH is 2. The van der Waals surface area contributed by atoms with Gasteiger partial charge in [-0.05, 0) is 26.2 Å². The number of aliphatic hydroxyl groups is 2. The first kappa shape index (κ1) is 15.5. The zero-order valence-electron chi connectivity index (χ0n) is 12.8. The van der Waals surface area contributed by atoms with E-state index in [-0.39, 0.29) is 18.7 Å². The maximum Gasteiger partial charge on any atom is 0.351 e. The molecular weight excluding hydrogens is 286 g/mol. The average molecular weight is 309 g/mol. The van der Waals surface area contributed by atoms with Gasteiger partial charge in [0.15, 0.2) is 0 Å². The number of hydrogen-bond acceptors (Lipinski definition) is 6. The van der Waals surface area contributed by atoms with Gasteiger partial charge in [0, 0.05) is 31.3 Å². The predicted octanol–water partition coefficient (Wildman–Crippen LogP) is 0.183. The van der Waals surface area contributed by atoms with Crippen LogP contribution in [0.4, 0.5) is 5.82 Å². The zero-order valence-corrected chi connectivity index (χ0v) is 12.8. The summed E-state index contributed by atoms with van der Waals surface area (Å²) in [7, 11) is 0. The largest absolute Gasteiger partial charge is 0.394 e. The molecule has 2 N–H and O–H groups in total. The van der Waals surface area contributed by atoms with E-state index in [1.807, 2.05) is 6.92 Å². The SMILES string of the molecule is Cc1cn([C@H]2C[C@H](O)[C@@H](CO)O2)c(=O)nc1N1CCCCC1. The Labute approximate surface area is 129 Å². The molecule has 0 aliphatic carbocycles. The van der Waals surface area contributed by atoms with Crippen LogP contribution in [0.5, 0.6) is 0 Å². The highest BCUT2D eigenvalue weighted by Gasteiger charge is 2.35. The number of ether oxygens (including phenoxy) is 1. The fraction of sp³-hybridized carbons (Fsp3) is 0.733. The van der Waals surface area contributed by atoms with Gasteiger partial charge in [0.1, 0.15) is 18.1 Å². The molecule has 2 saturated heterocycles. The van der Waals surface area contributed by atoms with E-state index < -0.39 is 18.4 Å². The van der Waals surface area contributed by atoms with Crippen molar-refractivity contribution in [3.05, 3.63) is 22.2 Å². The van der Waals surface area contributed by atoms with E-state index >= 15 is 0 Å². The predicted molar refractivity (Wildman–Crippen MR) is 80.9 cm³/mol. The molecule has 2 aliphatic rings. The minimum atomic E-state index is -0.760. The van der Waals surface area contributed by atoms with E-state index in [9.17, 15) is 9.90 Å². The number of aromatic nitrogens is 2.